The molecule has 1 N–H and O–H groups in total. The average molecular weight is 408 g/mol. The number of hydrogen-bond donors (Lipinski definition) is 1. The highest BCUT2D eigenvalue weighted by Crippen LogP contribution is 2.26. The van der Waals surface area contributed by atoms with Crippen molar-refractivity contribution < 1.29 is 22.0 Å². The summed E-state index contributed by atoms with van der Waals surface area (Å²) in [6, 6.07) is 8.25. The van der Waals surface area contributed by atoms with Crippen molar-refractivity contribution in [2.75, 3.05) is 17.1 Å². The van der Waals surface area contributed by atoms with E-state index in [1.54, 1.807) is 6.92 Å². The lowest BCUT2D eigenvalue weighted by atomic mass is 10.0. The summed E-state index contributed by atoms with van der Waals surface area (Å²) in [4.78, 5) is 12.5. The first-order chi connectivity index (χ1) is 13.1. The number of carbonyl (C=O) groups is 1. The minimum atomic E-state index is -3.95. The number of nitrogens with one attached hydrogen (secondary N) is 1. The molecule has 8 heteroatoms. The van der Waals surface area contributed by atoms with E-state index < -0.39 is 34.1 Å². The minimum absolute atomic E-state index is 0.335. The van der Waals surface area contributed by atoms with Crippen LogP contribution in [0.15, 0.2) is 36.4 Å². The third kappa shape index (κ3) is 4.49. The second kappa shape index (κ2) is 7.87. The zero-order valence-corrected chi connectivity index (χ0v) is 16.5. The van der Waals surface area contributed by atoms with Crippen LogP contribution >= 0.6 is 0 Å². The monoisotopic (exact) mass is 408 g/mol. The van der Waals surface area contributed by atoms with Gasteiger partial charge >= 0.3 is 0 Å². The van der Waals surface area contributed by atoms with Gasteiger partial charge in [-0.2, -0.15) is 0 Å². The van der Waals surface area contributed by atoms with Gasteiger partial charge in [-0.15, -0.1) is 0 Å². The van der Waals surface area contributed by atoms with Crippen molar-refractivity contribution in [2.45, 2.75) is 32.2 Å². The van der Waals surface area contributed by atoms with Gasteiger partial charge in [-0.3, -0.25) is 9.10 Å². The normalized spacial score (nSPS) is 14.4. The molecule has 3 rings (SSSR count). The van der Waals surface area contributed by atoms with E-state index in [1.807, 2.05) is 6.07 Å². The number of hydrogen-bond acceptors (Lipinski definition) is 3. The fourth-order valence-corrected chi connectivity index (χ4v) is 4.28. The Morgan fingerprint density at radius 3 is 2.54 bits per heavy atom. The van der Waals surface area contributed by atoms with Crippen LogP contribution in [0, 0.1) is 11.6 Å². The first-order valence-electron chi connectivity index (χ1n) is 8.99. The van der Waals surface area contributed by atoms with Crippen LogP contribution in [0.1, 0.15) is 36.1 Å². The topological polar surface area (TPSA) is 66.5 Å². The van der Waals surface area contributed by atoms with E-state index in [0.29, 0.717) is 10.4 Å². The Kier molecular flexibility index (Phi) is 5.69. The van der Waals surface area contributed by atoms with E-state index in [9.17, 15) is 22.0 Å². The summed E-state index contributed by atoms with van der Waals surface area (Å²) in [7, 11) is -3.95. The third-order valence-electron chi connectivity index (χ3n) is 4.87. The molecule has 1 atom stereocenters. The molecule has 0 spiro atoms. The number of rotatable bonds is 6. The van der Waals surface area contributed by atoms with Gasteiger partial charge in [-0.1, -0.05) is 18.2 Å². The van der Waals surface area contributed by atoms with Gasteiger partial charge in [0.05, 0.1) is 18.0 Å². The fourth-order valence-electron chi connectivity index (χ4n) is 3.43. The summed E-state index contributed by atoms with van der Waals surface area (Å²) in [6.45, 7) is 1.20. The number of anilines is 1. The Hall–Kier alpha value is -2.48. The molecule has 2 aromatic rings. The molecule has 0 fully saturated rings. The quantitative estimate of drug-likeness (QED) is 0.799. The maximum Gasteiger partial charge on any atom is 0.241 e. The van der Waals surface area contributed by atoms with Crippen LogP contribution in [0.3, 0.4) is 0 Å². The number of halogens is 2. The highest BCUT2D eigenvalue weighted by atomic mass is 32.2. The van der Waals surface area contributed by atoms with Crippen LogP contribution in [0.25, 0.3) is 0 Å². The summed E-state index contributed by atoms with van der Waals surface area (Å²) >= 11 is 0. The largest absolute Gasteiger partial charge is 0.348 e. The van der Waals surface area contributed by atoms with Crippen LogP contribution in [0.2, 0.25) is 0 Å². The maximum atomic E-state index is 14.1. The predicted octanol–water partition coefficient (Wildman–Crippen LogP) is 3.10. The number of carbonyl (C=O) groups excluding carboxylic acids is 1. The first kappa shape index (κ1) is 20.3. The summed E-state index contributed by atoms with van der Waals surface area (Å²) in [6.07, 6.45) is 4.05. The van der Waals surface area contributed by atoms with Crippen molar-refractivity contribution in [2.24, 2.45) is 0 Å². The molecular formula is C20H22F2N2O3S. The average Bonchev–Trinajstić information content (AvgIpc) is 3.07. The van der Waals surface area contributed by atoms with Crippen LogP contribution in [-0.4, -0.2) is 27.1 Å². The number of amides is 1. The molecule has 0 unspecified atom stereocenters. The van der Waals surface area contributed by atoms with Crippen LogP contribution in [0.4, 0.5) is 14.5 Å². The number of aryl methyl sites for hydroxylation is 2. The molecule has 0 aliphatic heterocycles. The second-order valence-corrected chi connectivity index (χ2v) is 8.94. The molecule has 0 heterocycles. The molecule has 0 bridgehead atoms. The second-order valence-electron chi connectivity index (χ2n) is 7.04. The summed E-state index contributed by atoms with van der Waals surface area (Å²) in [5.41, 5.74) is 3.14. The highest BCUT2D eigenvalue weighted by molar-refractivity contribution is 7.92. The first-order valence-corrected chi connectivity index (χ1v) is 10.8. The molecule has 1 aliphatic rings. The van der Waals surface area contributed by atoms with E-state index in [-0.39, 0.29) is 11.7 Å². The van der Waals surface area contributed by atoms with Gasteiger partial charge in [-0.25, -0.2) is 17.2 Å². The van der Waals surface area contributed by atoms with Gasteiger partial charge in [0.15, 0.2) is 0 Å². The van der Waals surface area contributed by atoms with E-state index in [0.717, 1.165) is 43.2 Å². The molecule has 0 saturated heterocycles. The molecule has 2 aromatic carbocycles. The van der Waals surface area contributed by atoms with Crippen molar-refractivity contribution in [1.29, 1.82) is 0 Å². The molecule has 1 aliphatic carbocycles. The van der Waals surface area contributed by atoms with Crippen LogP contribution in [0.5, 0.6) is 0 Å². The highest BCUT2D eigenvalue weighted by Gasteiger charge is 2.25. The SMILES string of the molecule is C[C@@H](NC(=O)CN(c1ccc(F)cc1F)S(C)(=O)=O)c1ccc2c(c1)CCC2. The Labute approximate surface area is 163 Å². The van der Waals surface area contributed by atoms with E-state index in [4.69, 9.17) is 0 Å². The number of benzene rings is 2. The minimum Gasteiger partial charge on any atom is -0.348 e. The zero-order valence-electron chi connectivity index (χ0n) is 15.7. The van der Waals surface area contributed by atoms with Crippen molar-refractivity contribution in [3.63, 3.8) is 0 Å². The van der Waals surface area contributed by atoms with E-state index in [1.165, 1.54) is 11.1 Å². The Morgan fingerprint density at radius 1 is 1.14 bits per heavy atom. The van der Waals surface area contributed by atoms with Crippen molar-refractivity contribution in [1.82, 2.24) is 5.32 Å². The molecule has 28 heavy (non-hydrogen) atoms. The molecule has 5 nitrogen and oxygen atoms in total. The maximum absolute atomic E-state index is 14.1. The van der Waals surface area contributed by atoms with Crippen molar-refractivity contribution in [3.8, 4) is 0 Å². The van der Waals surface area contributed by atoms with Gasteiger partial charge < -0.3 is 5.32 Å². The van der Waals surface area contributed by atoms with Gasteiger partial charge in [0, 0.05) is 6.07 Å². The van der Waals surface area contributed by atoms with Gasteiger partial charge in [0.2, 0.25) is 15.9 Å². The predicted molar refractivity (Wildman–Crippen MR) is 104 cm³/mol. The summed E-state index contributed by atoms with van der Waals surface area (Å²) in [5, 5.41) is 2.75. The van der Waals surface area contributed by atoms with Gasteiger partial charge in [0.1, 0.15) is 18.2 Å². The lowest BCUT2D eigenvalue weighted by molar-refractivity contribution is -0.120. The van der Waals surface area contributed by atoms with Crippen LogP contribution < -0.4 is 9.62 Å². The lowest BCUT2D eigenvalue weighted by Crippen LogP contribution is -2.41. The Morgan fingerprint density at radius 2 is 1.86 bits per heavy atom. The number of fused-ring (bicyclic) bond motifs is 1. The third-order valence-corrected chi connectivity index (χ3v) is 5.99. The fraction of sp³-hybridized carbons (Fsp3) is 0.350. The summed E-state index contributed by atoms with van der Waals surface area (Å²) < 4.78 is 52.0. The lowest BCUT2D eigenvalue weighted by Gasteiger charge is -2.23. The standard InChI is InChI=1S/C20H22F2N2O3S/c1-13(15-7-6-14-4-3-5-16(14)10-15)23-20(25)12-24(28(2,26)27)19-9-8-17(21)11-18(19)22/h6-11,13H,3-5,12H2,1-2H3,(H,23,25)/t13-/m1/s1. The molecule has 0 aromatic heterocycles. The molecule has 0 radical (unpaired) electrons. The molecule has 0 saturated carbocycles. The Bertz CT molecular complexity index is 1010. The summed E-state index contributed by atoms with van der Waals surface area (Å²) in [5.74, 6) is -2.46. The van der Waals surface area contributed by atoms with Gasteiger partial charge in [0.25, 0.3) is 0 Å². The molecular weight excluding hydrogens is 386 g/mol. The van der Waals surface area contributed by atoms with Crippen molar-refractivity contribution >= 4 is 21.6 Å². The van der Waals surface area contributed by atoms with Gasteiger partial charge in [-0.05, 0) is 55.0 Å². The molecule has 150 valence electrons. The number of sulfonamides is 1. The van der Waals surface area contributed by atoms with Crippen LogP contribution in [-0.2, 0) is 27.7 Å². The number of nitrogens with zero attached hydrogens (tertiary/aromatic N) is 1. The van der Waals surface area contributed by atoms with E-state index in [2.05, 4.69) is 17.4 Å². The van der Waals surface area contributed by atoms with E-state index >= 15 is 0 Å². The zero-order chi connectivity index (χ0) is 20.5. The van der Waals surface area contributed by atoms with Crippen molar-refractivity contribution in [3.05, 3.63) is 64.7 Å². The molecule has 1 amide bonds. The Balaban J connectivity index is 1.75. The smallest absolute Gasteiger partial charge is 0.241 e.